The molecule has 0 radical (unpaired) electrons. The lowest BCUT2D eigenvalue weighted by Gasteiger charge is -2.02. The minimum atomic E-state index is -3.02. The molecule has 0 aliphatic carbocycles. The first kappa shape index (κ1) is 14.4. The highest BCUT2D eigenvalue weighted by Gasteiger charge is 2.09. The van der Waals surface area contributed by atoms with Gasteiger partial charge in [-0.1, -0.05) is 6.42 Å². The molecule has 0 saturated carbocycles. The number of hydrogen-bond donors (Lipinski definition) is 1. The topological polar surface area (TPSA) is 80.7 Å². The Balaban J connectivity index is 3.53. The minimum Gasteiger partial charge on any atom is -0.481 e. The number of rotatable bonds is 9. The van der Waals surface area contributed by atoms with Crippen molar-refractivity contribution in [3.8, 4) is 0 Å². The molecule has 0 rings (SSSR count). The third-order valence-electron chi connectivity index (χ3n) is 1.94. The molecule has 0 aromatic rings. The summed E-state index contributed by atoms with van der Waals surface area (Å²) in [5.74, 6) is -0.671. The number of ether oxygens (including phenoxy) is 1. The Morgan fingerprint density at radius 1 is 1.20 bits per heavy atom. The van der Waals surface area contributed by atoms with Crippen LogP contribution in [-0.2, 0) is 19.4 Å². The quantitative estimate of drug-likeness (QED) is 0.598. The van der Waals surface area contributed by atoms with Gasteiger partial charge in [-0.15, -0.1) is 0 Å². The summed E-state index contributed by atoms with van der Waals surface area (Å²) < 4.78 is 27.3. The fourth-order valence-corrected chi connectivity index (χ4v) is 2.36. The lowest BCUT2D eigenvalue weighted by Crippen LogP contribution is -2.15. The maximum Gasteiger partial charge on any atom is 0.303 e. The Morgan fingerprint density at radius 3 is 2.40 bits per heavy atom. The first-order valence-corrected chi connectivity index (χ1v) is 6.71. The van der Waals surface area contributed by atoms with Crippen molar-refractivity contribution < 1.29 is 23.1 Å². The van der Waals surface area contributed by atoms with Gasteiger partial charge >= 0.3 is 5.97 Å². The number of aliphatic carboxylic acids is 1. The molecule has 0 aromatic carbocycles. The fourth-order valence-electron chi connectivity index (χ4n) is 1.09. The van der Waals surface area contributed by atoms with Gasteiger partial charge in [-0.3, -0.25) is 4.79 Å². The zero-order valence-electron chi connectivity index (χ0n) is 8.94. The predicted octanol–water partition coefficient (Wildman–Crippen LogP) is 0.693. The van der Waals surface area contributed by atoms with Crippen LogP contribution >= 0.6 is 0 Å². The Labute approximate surface area is 90.4 Å². The molecule has 0 aliphatic heterocycles. The number of carboxylic acids is 1. The molecule has 0 atom stereocenters. The SMILES string of the molecule is COCCS(=O)(=O)CCCCCC(=O)O. The van der Waals surface area contributed by atoms with E-state index in [-0.39, 0.29) is 24.5 Å². The van der Waals surface area contributed by atoms with Gasteiger partial charge in [0.1, 0.15) is 0 Å². The molecule has 0 unspecified atom stereocenters. The molecule has 0 saturated heterocycles. The Morgan fingerprint density at radius 2 is 1.87 bits per heavy atom. The van der Waals surface area contributed by atoms with Gasteiger partial charge in [0, 0.05) is 13.5 Å². The van der Waals surface area contributed by atoms with Gasteiger partial charge in [0.2, 0.25) is 0 Å². The van der Waals surface area contributed by atoms with E-state index in [1.165, 1.54) is 7.11 Å². The second kappa shape index (κ2) is 7.64. The standard InChI is InChI=1S/C9H18O5S/c1-14-6-8-15(12,13)7-4-2-3-5-9(10)11/h2-8H2,1H3,(H,10,11). The molecule has 90 valence electrons. The van der Waals surface area contributed by atoms with Gasteiger partial charge in [-0.2, -0.15) is 0 Å². The maximum atomic E-state index is 11.3. The van der Waals surface area contributed by atoms with Crippen LogP contribution in [0.5, 0.6) is 0 Å². The molecule has 15 heavy (non-hydrogen) atoms. The van der Waals surface area contributed by atoms with Gasteiger partial charge < -0.3 is 9.84 Å². The second-order valence-electron chi connectivity index (χ2n) is 3.35. The first-order chi connectivity index (χ1) is 6.98. The maximum absolute atomic E-state index is 11.3. The van der Waals surface area contributed by atoms with Crippen LogP contribution in [0.4, 0.5) is 0 Å². The Bertz CT molecular complexity index is 270. The zero-order valence-corrected chi connectivity index (χ0v) is 9.75. The smallest absolute Gasteiger partial charge is 0.303 e. The van der Waals surface area contributed by atoms with E-state index in [1.807, 2.05) is 0 Å². The van der Waals surface area contributed by atoms with Gasteiger partial charge in [0.05, 0.1) is 18.1 Å². The van der Waals surface area contributed by atoms with Crippen molar-refractivity contribution in [3.63, 3.8) is 0 Å². The average molecular weight is 238 g/mol. The van der Waals surface area contributed by atoms with Crippen LogP contribution in [0.25, 0.3) is 0 Å². The molecule has 0 amide bonds. The summed E-state index contributed by atoms with van der Waals surface area (Å²) in [6.45, 7) is 0.220. The average Bonchev–Trinajstić information content (AvgIpc) is 2.14. The highest BCUT2D eigenvalue weighted by molar-refractivity contribution is 7.91. The van der Waals surface area contributed by atoms with Crippen molar-refractivity contribution in [2.75, 3.05) is 25.2 Å². The number of hydrogen-bond acceptors (Lipinski definition) is 4. The van der Waals surface area contributed by atoms with E-state index in [1.54, 1.807) is 0 Å². The zero-order chi connectivity index (χ0) is 11.7. The van der Waals surface area contributed by atoms with E-state index in [0.717, 1.165) is 0 Å². The van der Waals surface area contributed by atoms with Gasteiger partial charge in [0.25, 0.3) is 0 Å². The molecule has 6 heteroatoms. The molecule has 0 fully saturated rings. The highest BCUT2D eigenvalue weighted by Crippen LogP contribution is 2.03. The van der Waals surface area contributed by atoms with Crippen molar-refractivity contribution in [1.82, 2.24) is 0 Å². The largest absolute Gasteiger partial charge is 0.481 e. The lowest BCUT2D eigenvalue weighted by atomic mass is 10.2. The van der Waals surface area contributed by atoms with Crippen molar-refractivity contribution in [2.45, 2.75) is 25.7 Å². The highest BCUT2D eigenvalue weighted by atomic mass is 32.2. The molecule has 1 N–H and O–H groups in total. The number of unbranched alkanes of at least 4 members (excludes halogenated alkanes) is 2. The van der Waals surface area contributed by atoms with Crippen molar-refractivity contribution in [2.24, 2.45) is 0 Å². The monoisotopic (exact) mass is 238 g/mol. The van der Waals surface area contributed by atoms with Crippen LogP contribution in [0.15, 0.2) is 0 Å². The van der Waals surface area contributed by atoms with Crippen LogP contribution in [-0.4, -0.2) is 44.7 Å². The van der Waals surface area contributed by atoms with E-state index in [4.69, 9.17) is 5.11 Å². The summed E-state index contributed by atoms with van der Waals surface area (Å²) in [6, 6.07) is 0. The van der Waals surface area contributed by atoms with E-state index in [2.05, 4.69) is 4.74 Å². The molecular weight excluding hydrogens is 220 g/mol. The van der Waals surface area contributed by atoms with E-state index < -0.39 is 15.8 Å². The summed E-state index contributed by atoms with van der Waals surface area (Å²) in [5.41, 5.74) is 0. The van der Waals surface area contributed by atoms with Crippen LogP contribution in [0.2, 0.25) is 0 Å². The fraction of sp³-hybridized carbons (Fsp3) is 0.889. The Kier molecular flexibility index (Phi) is 7.33. The van der Waals surface area contributed by atoms with E-state index in [0.29, 0.717) is 19.3 Å². The molecule has 5 nitrogen and oxygen atoms in total. The first-order valence-electron chi connectivity index (χ1n) is 4.89. The summed E-state index contributed by atoms with van der Waals surface area (Å²) in [6.07, 6.45) is 1.81. The van der Waals surface area contributed by atoms with Crippen molar-refractivity contribution in [1.29, 1.82) is 0 Å². The third kappa shape index (κ3) is 9.68. The van der Waals surface area contributed by atoms with Gasteiger partial charge in [-0.05, 0) is 12.8 Å². The summed E-state index contributed by atoms with van der Waals surface area (Å²) in [4.78, 5) is 10.2. The van der Waals surface area contributed by atoms with Crippen LogP contribution in [0.3, 0.4) is 0 Å². The second-order valence-corrected chi connectivity index (χ2v) is 5.65. The summed E-state index contributed by atoms with van der Waals surface area (Å²) in [5, 5.41) is 8.35. The summed E-state index contributed by atoms with van der Waals surface area (Å²) >= 11 is 0. The normalized spacial score (nSPS) is 11.5. The number of carbonyl (C=O) groups is 1. The van der Waals surface area contributed by atoms with Crippen LogP contribution < -0.4 is 0 Å². The van der Waals surface area contributed by atoms with Crippen LogP contribution in [0.1, 0.15) is 25.7 Å². The molecule has 0 aliphatic rings. The summed E-state index contributed by atoms with van der Waals surface area (Å²) in [7, 11) is -1.56. The number of sulfone groups is 1. The van der Waals surface area contributed by atoms with E-state index >= 15 is 0 Å². The molecule has 0 bridgehead atoms. The van der Waals surface area contributed by atoms with E-state index in [9.17, 15) is 13.2 Å². The molecule has 0 aromatic heterocycles. The molecule has 0 heterocycles. The van der Waals surface area contributed by atoms with Gasteiger partial charge in [0.15, 0.2) is 9.84 Å². The van der Waals surface area contributed by atoms with Crippen molar-refractivity contribution in [3.05, 3.63) is 0 Å². The number of methoxy groups -OCH3 is 1. The predicted molar refractivity (Wildman–Crippen MR) is 56.6 cm³/mol. The van der Waals surface area contributed by atoms with Gasteiger partial charge in [-0.25, -0.2) is 8.42 Å². The van der Waals surface area contributed by atoms with Crippen LogP contribution in [0, 0.1) is 0 Å². The van der Waals surface area contributed by atoms with Crippen molar-refractivity contribution >= 4 is 15.8 Å². The lowest BCUT2D eigenvalue weighted by molar-refractivity contribution is -0.137. The molecular formula is C9H18O5S. The Hall–Kier alpha value is -0.620. The molecule has 0 spiro atoms. The third-order valence-corrected chi connectivity index (χ3v) is 3.64. The number of carboxylic acid groups (broad SMARTS) is 1. The minimum absolute atomic E-state index is 0.0441.